The second-order valence-corrected chi connectivity index (χ2v) is 6.47. The summed E-state index contributed by atoms with van der Waals surface area (Å²) in [6.07, 6.45) is 0. The largest absolute Gasteiger partial charge is 0.497 e. The summed E-state index contributed by atoms with van der Waals surface area (Å²) in [7, 11) is 1.66. The van der Waals surface area contributed by atoms with Crippen LogP contribution >= 0.6 is 0 Å². The van der Waals surface area contributed by atoms with E-state index in [1.807, 2.05) is 24.3 Å². The van der Waals surface area contributed by atoms with Crippen LogP contribution in [0.2, 0.25) is 0 Å². The highest BCUT2D eigenvalue weighted by molar-refractivity contribution is 5.80. The predicted molar refractivity (Wildman–Crippen MR) is 85.6 cm³/mol. The third-order valence-corrected chi connectivity index (χ3v) is 5.41. The molecule has 1 N–H and O–H groups in total. The first-order valence-electron chi connectivity index (χ1n) is 8.12. The summed E-state index contributed by atoms with van der Waals surface area (Å²) < 4.78 is 6.11. The fraction of sp³-hybridized carbons (Fsp3) is 0.588. The number of nitrogens with one attached hydrogen (secondary N) is 1. The van der Waals surface area contributed by atoms with Crippen molar-refractivity contribution in [2.24, 2.45) is 0 Å². The van der Waals surface area contributed by atoms with Gasteiger partial charge in [-0.3, -0.25) is 9.69 Å². The van der Waals surface area contributed by atoms with Gasteiger partial charge in [0.15, 0.2) is 6.04 Å². The molecule has 3 aliphatic rings. The lowest BCUT2D eigenvalue weighted by Crippen LogP contribution is -2.72. The molecule has 22 heavy (non-hydrogen) atoms. The molecule has 0 saturated carbocycles. The monoisotopic (exact) mass is 304 g/mol. The molecular formula is C17H26N3O2+. The van der Waals surface area contributed by atoms with E-state index in [-0.39, 0.29) is 11.9 Å². The third kappa shape index (κ3) is 2.96. The van der Waals surface area contributed by atoms with Gasteiger partial charge in [0.1, 0.15) is 5.75 Å². The molecule has 2 bridgehead atoms. The first kappa shape index (κ1) is 15.3. The second kappa shape index (κ2) is 6.26. The van der Waals surface area contributed by atoms with E-state index in [2.05, 4.69) is 17.1 Å². The summed E-state index contributed by atoms with van der Waals surface area (Å²) in [5.41, 5.74) is 1.10. The number of nitrogens with zero attached hydrogens (tertiary/aromatic N) is 2. The van der Waals surface area contributed by atoms with Crippen LogP contribution in [-0.4, -0.2) is 67.7 Å². The molecule has 1 amide bonds. The number of carbonyl (C=O) groups excluding carboxylic acids is 1. The van der Waals surface area contributed by atoms with Gasteiger partial charge in [-0.25, -0.2) is 0 Å². The van der Waals surface area contributed by atoms with Crippen LogP contribution in [-0.2, 0) is 11.3 Å². The molecule has 5 nitrogen and oxygen atoms in total. The van der Waals surface area contributed by atoms with Crippen LogP contribution in [0, 0.1) is 0 Å². The van der Waals surface area contributed by atoms with Gasteiger partial charge in [-0.1, -0.05) is 12.1 Å². The van der Waals surface area contributed by atoms with Crippen molar-refractivity contribution < 1.29 is 14.0 Å². The Morgan fingerprint density at radius 3 is 2.36 bits per heavy atom. The lowest BCUT2D eigenvalue weighted by Gasteiger charge is -2.52. The molecule has 0 spiro atoms. The summed E-state index contributed by atoms with van der Waals surface area (Å²) in [6, 6.07) is 7.89. The Hall–Kier alpha value is -1.59. The molecule has 0 aliphatic carbocycles. The maximum atomic E-state index is 12.6. The smallest absolute Gasteiger partial charge is 0.278 e. The van der Waals surface area contributed by atoms with Gasteiger partial charge in [0.05, 0.1) is 26.7 Å². The van der Waals surface area contributed by atoms with E-state index in [1.54, 1.807) is 7.11 Å². The molecule has 120 valence electrons. The van der Waals surface area contributed by atoms with Gasteiger partial charge in [0.25, 0.3) is 5.91 Å². The zero-order valence-corrected chi connectivity index (χ0v) is 13.5. The SMILES string of the molecule is COc1ccc(CNC(=O)C(C)[N+]23CCN(CC2)CC3)cc1. The van der Waals surface area contributed by atoms with Crippen LogP contribution in [0.3, 0.4) is 0 Å². The zero-order chi connectivity index (χ0) is 15.6. The lowest BCUT2D eigenvalue weighted by atomic mass is 10.1. The first-order chi connectivity index (χ1) is 10.6. The Bertz CT molecular complexity index is 507. The highest BCUT2D eigenvalue weighted by Crippen LogP contribution is 2.23. The molecule has 1 atom stereocenters. The highest BCUT2D eigenvalue weighted by Gasteiger charge is 2.44. The van der Waals surface area contributed by atoms with Crippen molar-refractivity contribution >= 4 is 5.91 Å². The molecule has 5 heteroatoms. The van der Waals surface area contributed by atoms with Crippen LogP contribution in [0.1, 0.15) is 12.5 Å². The van der Waals surface area contributed by atoms with Gasteiger partial charge in [0.2, 0.25) is 0 Å². The topological polar surface area (TPSA) is 41.6 Å². The van der Waals surface area contributed by atoms with Gasteiger partial charge < -0.3 is 14.5 Å². The number of piperazine rings is 3. The molecule has 1 aromatic rings. The van der Waals surface area contributed by atoms with E-state index < -0.39 is 0 Å². The molecule has 1 unspecified atom stereocenters. The average molecular weight is 304 g/mol. The number of quaternary nitrogens is 1. The minimum Gasteiger partial charge on any atom is -0.497 e. The summed E-state index contributed by atoms with van der Waals surface area (Å²) in [4.78, 5) is 15.1. The molecule has 0 radical (unpaired) electrons. The molecule has 3 aliphatic heterocycles. The average Bonchev–Trinajstić information content (AvgIpc) is 2.61. The number of hydrogen-bond donors (Lipinski definition) is 1. The standard InChI is InChI=1S/C17H25N3O2/c1-14(20-10-7-19(8-11-20)9-12-20)17(21)18-13-15-3-5-16(22-2)6-4-15/h3-6,14H,7-13H2,1-2H3/p+1. The fourth-order valence-corrected chi connectivity index (χ4v) is 3.60. The van der Waals surface area contributed by atoms with Gasteiger partial charge in [-0.2, -0.15) is 0 Å². The number of fused-ring (bicyclic) bond motifs is 3. The molecule has 3 saturated heterocycles. The van der Waals surface area contributed by atoms with Crippen molar-refractivity contribution in [1.29, 1.82) is 0 Å². The number of hydrogen-bond acceptors (Lipinski definition) is 3. The summed E-state index contributed by atoms with van der Waals surface area (Å²) in [5, 5.41) is 3.10. The second-order valence-electron chi connectivity index (χ2n) is 6.47. The van der Waals surface area contributed by atoms with Crippen molar-refractivity contribution in [3.05, 3.63) is 29.8 Å². The van der Waals surface area contributed by atoms with E-state index in [0.717, 1.165) is 55.1 Å². The van der Waals surface area contributed by atoms with Gasteiger partial charge in [-0.05, 0) is 24.6 Å². The fourth-order valence-electron chi connectivity index (χ4n) is 3.60. The molecule has 1 aromatic carbocycles. The molecule has 0 aromatic heterocycles. The van der Waals surface area contributed by atoms with Gasteiger partial charge >= 0.3 is 0 Å². The van der Waals surface area contributed by atoms with Gasteiger partial charge in [-0.15, -0.1) is 0 Å². The van der Waals surface area contributed by atoms with Crippen molar-refractivity contribution in [3.63, 3.8) is 0 Å². The first-order valence-corrected chi connectivity index (χ1v) is 8.12. The number of methoxy groups -OCH3 is 1. The number of ether oxygens (including phenoxy) is 1. The van der Waals surface area contributed by atoms with Crippen LogP contribution in [0.5, 0.6) is 5.75 Å². The summed E-state index contributed by atoms with van der Waals surface area (Å²) >= 11 is 0. The molecular weight excluding hydrogens is 278 g/mol. The third-order valence-electron chi connectivity index (χ3n) is 5.41. The lowest BCUT2D eigenvalue weighted by molar-refractivity contribution is -0.953. The van der Waals surface area contributed by atoms with Crippen molar-refractivity contribution in [2.45, 2.75) is 19.5 Å². The van der Waals surface area contributed by atoms with E-state index in [9.17, 15) is 4.79 Å². The maximum absolute atomic E-state index is 12.6. The Kier molecular flexibility index (Phi) is 4.36. The van der Waals surface area contributed by atoms with Crippen molar-refractivity contribution in [1.82, 2.24) is 10.2 Å². The molecule has 3 heterocycles. The van der Waals surface area contributed by atoms with E-state index in [4.69, 9.17) is 4.74 Å². The van der Waals surface area contributed by atoms with Crippen LogP contribution in [0.4, 0.5) is 0 Å². The maximum Gasteiger partial charge on any atom is 0.278 e. The molecule has 3 fully saturated rings. The van der Waals surface area contributed by atoms with Crippen LogP contribution < -0.4 is 10.1 Å². The quantitative estimate of drug-likeness (QED) is 0.820. The minimum absolute atomic E-state index is 0.0423. The van der Waals surface area contributed by atoms with Crippen LogP contribution in [0.15, 0.2) is 24.3 Å². The summed E-state index contributed by atoms with van der Waals surface area (Å²) in [5.74, 6) is 1.01. The van der Waals surface area contributed by atoms with Crippen molar-refractivity contribution in [2.75, 3.05) is 46.4 Å². The molecule has 4 rings (SSSR count). The van der Waals surface area contributed by atoms with E-state index in [1.165, 1.54) is 0 Å². The predicted octanol–water partition coefficient (Wildman–Crippen LogP) is 0.846. The van der Waals surface area contributed by atoms with E-state index >= 15 is 0 Å². The van der Waals surface area contributed by atoms with Gasteiger partial charge in [0, 0.05) is 26.2 Å². The van der Waals surface area contributed by atoms with Crippen LogP contribution in [0.25, 0.3) is 0 Å². The summed E-state index contributed by atoms with van der Waals surface area (Å²) in [6.45, 7) is 9.40. The number of rotatable bonds is 5. The normalized spacial score (nSPS) is 28.2. The number of benzene rings is 1. The zero-order valence-electron chi connectivity index (χ0n) is 13.5. The highest BCUT2D eigenvalue weighted by atomic mass is 16.5. The Labute approximate surface area is 132 Å². The number of amides is 1. The van der Waals surface area contributed by atoms with Crippen molar-refractivity contribution in [3.8, 4) is 5.75 Å². The van der Waals surface area contributed by atoms with E-state index in [0.29, 0.717) is 6.54 Å². The number of carbonyl (C=O) groups is 1. The Balaban J connectivity index is 1.56. The Morgan fingerprint density at radius 1 is 1.23 bits per heavy atom. The Morgan fingerprint density at radius 2 is 1.82 bits per heavy atom. The minimum atomic E-state index is 0.0423.